The van der Waals surface area contributed by atoms with Crippen molar-refractivity contribution in [2.45, 2.75) is 25.6 Å². The Labute approximate surface area is 127 Å². The van der Waals surface area contributed by atoms with Gasteiger partial charge in [-0.25, -0.2) is 0 Å². The highest BCUT2D eigenvalue weighted by molar-refractivity contribution is 5.85. The molecular formula is C14H17ClF3NO2. The monoisotopic (exact) mass is 323 g/mol. The van der Waals surface area contributed by atoms with E-state index in [1.807, 2.05) is 11.8 Å². The van der Waals surface area contributed by atoms with Crippen molar-refractivity contribution in [1.82, 2.24) is 4.90 Å². The zero-order valence-electron chi connectivity index (χ0n) is 11.4. The van der Waals surface area contributed by atoms with Gasteiger partial charge in [0.1, 0.15) is 0 Å². The van der Waals surface area contributed by atoms with Crippen molar-refractivity contribution in [2.24, 2.45) is 5.92 Å². The van der Waals surface area contributed by atoms with E-state index in [9.17, 15) is 18.0 Å². The minimum atomic E-state index is -4.33. The van der Waals surface area contributed by atoms with E-state index >= 15 is 0 Å². The molecule has 118 valence electrons. The molecule has 0 spiro atoms. The van der Waals surface area contributed by atoms with Gasteiger partial charge in [-0.05, 0) is 37.6 Å². The van der Waals surface area contributed by atoms with Crippen LogP contribution >= 0.6 is 12.4 Å². The van der Waals surface area contributed by atoms with Crippen LogP contribution in [0.25, 0.3) is 0 Å². The van der Waals surface area contributed by atoms with Gasteiger partial charge in [-0.2, -0.15) is 13.2 Å². The summed E-state index contributed by atoms with van der Waals surface area (Å²) in [7, 11) is 0. The maximum absolute atomic E-state index is 12.5. The van der Waals surface area contributed by atoms with Crippen LogP contribution in [0.1, 0.15) is 30.5 Å². The van der Waals surface area contributed by atoms with Crippen LogP contribution in [0.15, 0.2) is 24.3 Å². The van der Waals surface area contributed by atoms with Crippen LogP contribution in [0.3, 0.4) is 0 Å². The average molecular weight is 324 g/mol. The molecule has 1 aromatic rings. The molecule has 1 aliphatic rings. The van der Waals surface area contributed by atoms with Crippen LogP contribution in [0, 0.1) is 5.92 Å². The number of carboxylic acid groups (broad SMARTS) is 1. The topological polar surface area (TPSA) is 40.5 Å². The summed E-state index contributed by atoms with van der Waals surface area (Å²) in [5, 5.41) is 8.96. The summed E-state index contributed by atoms with van der Waals surface area (Å²) < 4.78 is 37.5. The van der Waals surface area contributed by atoms with Crippen molar-refractivity contribution in [1.29, 1.82) is 0 Å². The van der Waals surface area contributed by atoms with Crippen LogP contribution in [-0.2, 0) is 11.0 Å². The smallest absolute Gasteiger partial charge is 0.416 e. The first-order valence-corrected chi connectivity index (χ1v) is 6.43. The summed E-state index contributed by atoms with van der Waals surface area (Å²) >= 11 is 0. The maximum atomic E-state index is 12.5. The second-order valence-electron chi connectivity index (χ2n) is 5.11. The van der Waals surface area contributed by atoms with E-state index in [0.717, 1.165) is 17.7 Å². The Kier molecular flexibility index (Phi) is 5.64. The lowest BCUT2D eigenvalue weighted by Crippen LogP contribution is -2.26. The van der Waals surface area contributed by atoms with Gasteiger partial charge in [0.25, 0.3) is 0 Å². The average Bonchev–Trinajstić information content (AvgIpc) is 2.86. The fourth-order valence-corrected chi connectivity index (χ4v) is 2.50. The predicted octanol–water partition coefficient (Wildman–Crippen LogP) is 3.59. The van der Waals surface area contributed by atoms with E-state index < -0.39 is 17.7 Å². The standard InChI is InChI=1S/C14H16F3NO2.ClH/c1-9(18-7-6-11(8-18)13(19)20)10-2-4-12(5-3-10)14(15,16)17;/h2-5,9,11H,6-8H2,1H3,(H,19,20);1H. The summed E-state index contributed by atoms with van der Waals surface area (Å²) in [6, 6.07) is 4.97. The molecule has 21 heavy (non-hydrogen) atoms. The summed E-state index contributed by atoms with van der Waals surface area (Å²) in [4.78, 5) is 12.9. The van der Waals surface area contributed by atoms with Crippen LogP contribution in [0.2, 0.25) is 0 Å². The molecular weight excluding hydrogens is 307 g/mol. The van der Waals surface area contributed by atoms with Gasteiger partial charge in [0, 0.05) is 12.6 Å². The molecule has 1 heterocycles. The number of nitrogens with zero attached hydrogens (tertiary/aromatic N) is 1. The molecule has 0 bridgehead atoms. The first kappa shape index (κ1) is 17.8. The van der Waals surface area contributed by atoms with Gasteiger partial charge in [-0.15, -0.1) is 12.4 Å². The number of carbonyl (C=O) groups is 1. The SMILES string of the molecule is CC(c1ccc(C(F)(F)F)cc1)N1CCC(C(=O)O)C1.Cl. The van der Waals surface area contributed by atoms with Crippen molar-refractivity contribution in [3.05, 3.63) is 35.4 Å². The number of hydrogen-bond acceptors (Lipinski definition) is 2. The van der Waals surface area contributed by atoms with Crippen molar-refractivity contribution in [2.75, 3.05) is 13.1 Å². The molecule has 3 nitrogen and oxygen atoms in total. The van der Waals surface area contributed by atoms with Crippen molar-refractivity contribution >= 4 is 18.4 Å². The Morgan fingerprint density at radius 3 is 2.33 bits per heavy atom. The van der Waals surface area contributed by atoms with E-state index in [0.29, 0.717) is 19.5 Å². The van der Waals surface area contributed by atoms with Gasteiger partial charge in [0.2, 0.25) is 0 Å². The fourth-order valence-electron chi connectivity index (χ4n) is 2.50. The van der Waals surface area contributed by atoms with Gasteiger partial charge in [-0.3, -0.25) is 9.69 Å². The molecule has 1 aromatic carbocycles. The molecule has 0 saturated carbocycles. The highest BCUT2D eigenvalue weighted by Gasteiger charge is 2.32. The fraction of sp³-hybridized carbons (Fsp3) is 0.500. The Morgan fingerprint density at radius 2 is 1.90 bits per heavy atom. The second kappa shape index (κ2) is 6.66. The number of rotatable bonds is 3. The Hall–Kier alpha value is -1.27. The Bertz CT molecular complexity index is 490. The number of aliphatic carboxylic acids is 1. The Balaban J connectivity index is 0.00000220. The molecule has 0 amide bonds. The van der Waals surface area contributed by atoms with Crippen LogP contribution in [-0.4, -0.2) is 29.1 Å². The van der Waals surface area contributed by atoms with E-state index in [1.165, 1.54) is 12.1 Å². The highest BCUT2D eigenvalue weighted by Crippen LogP contribution is 2.32. The van der Waals surface area contributed by atoms with Gasteiger partial charge in [-0.1, -0.05) is 12.1 Å². The normalized spacial score (nSPS) is 20.9. The number of alkyl halides is 3. The lowest BCUT2D eigenvalue weighted by molar-refractivity contribution is -0.141. The van der Waals surface area contributed by atoms with Crippen LogP contribution < -0.4 is 0 Å². The van der Waals surface area contributed by atoms with Gasteiger partial charge in [0.15, 0.2) is 0 Å². The third-order valence-electron chi connectivity index (χ3n) is 3.84. The molecule has 7 heteroatoms. The first-order valence-electron chi connectivity index (χ1n) is 6.43. The van der Waals surface area contributed by atoms with Crippen molar-refractivity contribution in [3.8, 4) is 0 Å². The summed E-state index contributed by atoms with van der Waals surface area (Å²) in [5.74, 6) is -1.20. The number of halogens is 4. The lowest BCUT2D eigenvalue weighted by atomic mass is 10.0. The molecule has 0 radical (unpaired) electrons. The first-order chi connectivity index (χ1) is 9.29. The maximum Gasteiger partial charge on any atom is 0.416 e. The van der Waals surface area contributed by atoms with Crippen molar-refractivity contribution in [3.63, 3.8) is 0 Å². The van der Waals surface area contributed by atoms with E-state index in [2.05, 4.69) is 0 Å². The summed E-state index contributed by atoms with van der Waals surface area (Å²) in [5.41, 5.74) is 0.0994. The van der Waals surface area contributed by atoms with E-state index in [4.69, 9.17) is 5.11 Å². The predicted molar refractivity (Wildman–Crippen MR) is 74.4 cm³/mol. The van der Waals surface area contributed by atoms with E-state index in [-0.39, 0.29) is 24.4 Å². The van der Waals surface area contributed by atoms with Crippen molar-refractivity contribution < 1.29 is 23.1 Å². The van der Waals surface area contributed by atoms with E-state index in [1.54, 1.807) is 0 Å². The largest absolute Gasteiger partial charge is 0.481 e. The molecule has 0 aliphatic carbocycles. The minimum Gasteiger partial charge on any atom is -0.481 e. The van der Waals surface area contributed by atoms with Gasteiger partial charge in [0.05, 0.1) is 11.5 Å². The number of hydrogen-bond donors (Lipinski definition) is 1. The highest BCUT2D eigenvalue weighted by atomic mass is 35.5. The molecule has 2 rings (SSSR count). The molecule has 2 unspecified atom stereocenters. The molecule has 1 saturated heterocycles. The van der Waals surface area contributed by atoms with Gasteiger partial charge < -0.3 is 5.11 Å². The number of carboxylic acids is 1. The number of benzene rings is 1. The number of likely N-dealkylation sites (tertiary alicyclic amines) is 1. The van der Waals surface area contributed by atoms with Crippen LogP contribution in [0.5, 0.6) is 0 Å². The third kappa shape index (κ3) is 4.11. The molecule has 2 atom stereocenters. The second-order valence-corrected chi connectivity index (χ2v) is 5.11. The van der Waals surface area contributed by atoms with Gasteiger partial charge >= 0.3 is 12.1 Å². The quantitative estimate of drug-likeness (QED) is 0.924. The molecule has 0 aromatic heterocycles. The lowest BCUT2D eigenvalue weighted by Gasteiger charge is -2.24. The molecule has 1 fully saturated rings. The third-order valence-corrected chi connectivity index (χ3v) is 3.84. The summed E-state index contributed by atoms with van der Waals surface area (Å²) in [6.07, 6.45) is -3.75. The zero-order valence-corrected chi connectivity index (χ0v) is 12.2. The molecule has 1 N–H and O–H groups in total. The zero-order chi connectivity index (χ0) is 14.9. The van der Waals surface area contributed by atoms with Crippen LogP contribution in [0.4, 0.5) is 13.2 Å². The Morgan fingerprint density at radius 1 is 1.33 bits per heavy atom. The minimum absolute atomic E-state index is 0. The summed E-state index contributed by atoms with van der Waals surface area (Å²) in [6.45, 7) is 2.98. The molecule has 1 aliphatic heterocycles.